The molecule has 0 radical (unpaired) electrons. The van der Waals surface area contributed by atoms with Crippen molar-refractivity contribution < 1.29 is 24.8 Å². The largest absolute Gasteiger partial charge is 0.394 e. The smallest absolute Gasteiger partial charge is 0.114 e. The fraction of sp³-hybridized carbons (Fsp3) is 0.895. The molecule has 1 fully saturated rings. The third-order valence-corrected chi connectivity index (χ3v) is 4.47. The molecule has 1 aliphatic rings. The molecule has 4 atom stereocenters. The van der Waals surface area contributed by atoms with Crippen LogP contribution in [-0.4, -0.2) is 59.6 Å². The van der Waals surface area contributed by atoms with Crippen LogP contribution < -0.4 is 0 Å². The molecule has 0 aromatic carbocycles. The zero-order chi connectivity index (χ0) is 17.6. The average Bonchev–Trinajstić information content (AvgIpc) is 2.96. The van der Waals surface area contributed by atoms with Crippen molar-refractivity contribution >= 4 is 0 Å². The predicted octanol–water partition coefficient (Wildman–Crippen LogP) is 2.57. The Hall–Kier alpha value is -0.460. The molecular weight excluding hydrogens is 308 g/mol. The fourth-order valence-electron chi connectivity index (χ4n) is 2.90. The van der Waals surface area contributed by atoms with Crippen molar-refractivity contribution in [2.24, 2.45) is 0 Å². The zero-order valence-corrected chi connectivity index (χ0v) is 15.1. The monoisotopic (exact) mass is 344 g/mol. The van der Waals surface area contributed by atoms with Crippen molar-refractivity contribution in [2.75, 3.05) is 19.8 Å². The number of aliphatic hydroxyl groups is 3. The van der Waals surface area contributed by atoms with Crippen LogP contribution in [-0.2, 0) is 9.47 Å². The third-order valence-electron chi connectivity index (χ3n) is 4.47. The summed E-state index contributed by atoms with van der Waals surface area (Å²) in [7, 11) is 0. The van der Waals surface area contributed by atoms with Crippen molar-refractivity contribution in [3.8, 4) is 0 Å². The van der Waals surface area contributed by atoms with Crippen LogP contribution in [0.25, 0.3) is 0 Å². The SMILES string of the molecule is CCCCCC/C=C/CCCCCO[C@@H]1CO[C@@H]([C@@H](O)CO)[C@H]1O. The van der Waals surface area contributed by atoms with E-state index in [0.717, 1.165) is 25.7 Å². The molecule has 0 spiro atoms. The number of unbranched alkanes of at least 4 members (excludes halogenated alkanes) is 7. The van der Waals surface area contributed by atoms with Gasteiger partial charge >= 0.3 is 0 Å². The lowest BCUT2D eigenvalue weighted by molar-refractivity contribution is -0.0730. The molecule has 5 heteroatoms. The van der Waals surface area contributed by atoms with Crippen molar-refractivity contribution in [1.29, 1.82) is 0 Å². The maximum absolute atomic E-state index is 10.00. The third kappa shape index (κ3) is 8.58. The van der Waals surface area contributed by atoms with Crippen LogP contribution in [0.5, 0.6) is 0 Å². The summed E-state index contributed by atoms with van der Waals surface area (Å²) in [6.07, 6.45) is 12.3. The summed E-state index contributed by atoms with van der Waals surface area (Å²) in [4.78, 5) is 0. The summed E-state index contributed by atoms with van der Waals surface area (Å²) >= 11 is 0. The lowest BCUT2D eigenvalue weighted by atomic mass is 10.1. The lowest BCUT2D eigenvalue weighted by Gasteiger charge is -2.20. The first-order valence-electron chi connectivity index (χ1n) is 9.55. The van der Waals surface area contributed by atoms with Gasteiger partial charge in [0.05, 0.1) is 13.2 Å². The second kappa shape index (κ2) is 13.8. The highest BCUT2D eigenvalue weighted by atomic mass is 16.6. The van der Waals surface area contributed by atoms with Gasteiger partial charge in [0.15, 0.2) is 0 Å². The van der Waals surface area contributed by atoms with E-state index in [1.807, 2.05) is 0 Å². The van der Waals surface area contributed by atoms with Crippen molar-refractivity contribution in [3.05, 3.63) is 12.2 Å². The first-order valence-corrected chi connectivity index (χ1v) is 9.55. The Kier molecular flexibility index (Phi) is 12.4. The molecule has 0 amide bonds. The Morgan fingerprint density at radius 2 is 1.75 bits per heavy atom. The molecule has 1 heterocycles. The van der Waals surface area contributed by atoms with Crippen LogP contribution in [0.2, 0.25) is 0 Å². The quantitative estimate of drug-likeness (QED) is 0.333. The highest BCUT2D eigenvalue weighted by Gasteiger charge is 2.40. The van der Waals surface area contributed by atoms with E-state index in [4.69, 9.17) is 14.6 Å². The van der Waals surface area contributed by atoms with Crippen LogP contribution in [0.15, 0.2) is 12.2 Å². The fourth-order valence-corrected chi connectivity index (χ4v) is 2.90. The summed E-state index contributed by atoms with van der Waals surface area (Å²) in [5, 5.41) is 28.4. The Labute approximate surface area is 146 Å². The number of rotatable bonds is 14. The van der Waals surface area contributed by atoms with Gasteiger partial charge in [0, 0.05) is 6.61 Å². The second-order valence-electron chi connectivity index (χ2n) is 6.62. The van der Waals surface area contributed by atoms with E-state index in [0.29, 0.717) is 6.61 Å². The van der Waals surface area contributed by atoms with E-state index < -0.39 is 31.0 Å². The minimum absolute atomic E-state index is 0.268. The summed E-state index contributed by atoms with van der Waals surface area (Å²) in [6, 6.07) is 0. The van der Waals surface area contributed by atoms with Crippen LogP contribution in [0.1, 0.15) is 64.7 Å². The highest BCUT2D eigenvalue weighted by molar-refractivity contribution is 4.88. The molecule has 24 heavy (non-hydrogen) atoms. The molecule has 1 saturated heterocycles. The normalized spacial score (nSPS) is 25.6. The van der Waals surface area contributed by atoms with E-state index >= 15 is 0 Å². The van der Waals surface area contributed by atoms with Gasteiger partial charge in [-0.1, -0.05) is 44.8 Å². The minimum Gasteiger partial charge on any atom is -0.394 e. The van der Waals surface area contributed by atoms with E-state index in [1.54, 1.807) is 0 Å². The lowest BCUT2D eigenvalue weighted by Crippen LogP contribution is -2.41. The average molecular weight is 344 g/mol. The molecular formula is C19H36O5. The van der Waals surface area contributed by atoms with Crippen molar-refractivity contribution in [1.82, 2.24) is 0 Å². The zero-order valence-electron chi connectivity index (χ0n) is 15.1. The molecule has 0 saturated carbocycles. The van der Waals surface area contributed by atoms with Crippen molar-refractivity contribution in [3.63, 3.8) is 0 Å². The number of ether oxygens (including phenoxy) is 2. The summed E-state index contributed by atoms with van der Waals surface area (Å²) in [6.45, 7) is 2.68. The molecule has 1 rings (SSSR count). The van der Waals surface area contributed by atoms with Gasteiger partial charge in [0.25, 0.3) is 0 Å². The molecule has 0 aliphatic carbocycles. The van der Waals surface area contributed by atoms with E-state index in [1.165, 1.54) is 32.1 Å². The number of hydrogen-bond acceptors (Lipinski definition) is 5. The number of aliphatic hydroxyl groups excluding tert-OH is 3. The summed E-state index contributed by atoms with van der Waals surface area (Å²) < 4.78 is 10.9. The van der Waals surface area contributed by atoms with Crippen LogP contribution in [0.3, 0.4) is 0 Å². The van der Waals surface area contributed by atoms with Gasteiger partial charge < -0.3 is 24.8 Å². The Bertz CT molecular complexity index is 321. The Morgan fingerprint density at radius 3 is 2.38 bits per heavy atom. The van der Waals surface area contributed by atoms with Crippen LogP contribution in [0, 0.1) is 0 Å². The van der Waals surface area contributed by atoms with Crippen LogP contribution >= 0.6 is 0 Å². The van der Waals surface area contributed by atoms with Gasteiger partial charge in [-0.2, -0.15) is 0 Å². The molecule has 0 bridgehead atoms. The maximum atomic E-state index is 10.00. The molecule has 0 unspecified atom stereocenters. The molecule has 142 valence electrons. The molecule has 0 aromatic rings. The molecule has 1 aliphatic heterocycles. The summed E-state index contributed by atoms with van der Waals surface area (Å²) in [5.41, 5.74) is 0. The van der Waals surface area contributed by atoms with Gasteiger partial charge in [-0.15, -0.1) is 0 Å². The standard InChI is InChI=1S/C19H36O5/c1-2-3-4-5-6-7-8-9-10-11-12-13-23-17-15-24-19(18(17)22)16(21)14-20/h7-8,16-22H,2-6,9-15H2,1H3/b8-7+/t16-,17+,18-,19-/m0/s1. The molecule has 0 aromatic heterocycles. The first kappa shape index (κ1) is 21.6. The van der Waals surface area contributed by atoms with Gasteiger partial charge in [0.1, 0.15) is 24.4 Å². The minimum atomic E-state index is -1.05. The first-order chi connectivity index (χ1) is 11.7. The van der Waals surface area contributed by atoms with Crippen molar-refractivity contribution in [2.45, 2.75) is 89.1 Å². The topological polar surface area (TPSA) is 79.2 Å². The van der Waals surface area contributed by atoms with Gasteiger partial charge in [-0.3, -0.25) is 0 Å². The van der Waals surface area contributed by atoms with Gasteiger partial charge in [-0.25, -0.2) is 0 Å². The maximum Gasteiger partial charge on any atom is 0.114 e. The second-order valence-corrected chi connectivity index (χ2v) is 6.62. The predicted molar refractivity (Wildman–Crippen MR) is 94.9 cm³/mol. The Morgan fingerprint density at radius 1 is 1.08 bits per heavy atom. The van der Waals surface area contributed by atoms with E-state index in [9.17, 15) is 10.2 Å². The van der Waals surface area contributed by atoms with Crippen LogP contribution in [0.4, 0.5) is 0 Å². The molecule has 3 N–H and O–H groups in total. The summed E-state index contributed by atoms with van der Waals surface area (Å²) in [5.74, 6) is 0. The molecule has 5 nitrogen and oxygen atoms in total. The van der Waals surface area contributed by atoms with E-state index in [2.05, 4.69) is 19.1 Å². The Balaban J connectivity index is 1.94. The highest BCUT2D eigenvalue weighted by Crippen LogP contribution is 2.20. The van der Waals surface area contributed by atoms with E-state index in [-0.39, 0.29) is 6.61 Å². The number of allylic oxidation sites excluding steroid dienone is 2. The van der Waals surface area contributed by atoms with Gasteiger partial charge in [0.2, 0.25) is 0 Å². The number of hydrogen-bond donors (Lipinski definition) is 3. The van der Waals surface area contributed by atoms with Gasteiger partial charge in [-0.05, 0) is 32.1 Å².